The highest BCUT2D eigenvalue weighted by molar-refractivity contribution is 6.07. The van der Waals surface area contributed by atoms with Crippen LogP contribution in [0.3, 0.4) is 0 Å². The molecule has 72 valence electrons. The summed E-state index contributed by atoms with van der Waals surface area (Å²) in [7, 11) is 0. The number of amides is 2. The zero-order valence-corrected chi connectivity index (χ0v) is 7.42. The number of aliphatic carboxylic acids is 1. The van der Waals surface area contributed by atoms with Crippen LogP contribution in [0.2, 0.25) is 0 Å². The van der Waals surface area contributed by atoms with Gasteiger partial charge in [0.2, 0.25) is 11.8 Å². The summed E-state index contributed by atoms with van der Waals surface area (Å²) in [5.74, 6) is -3.24. The molecule has 5 nitrogen and oxygen atoms in total. The first-order chi connectivity index (χ1) is 5.88. The van der Waals surface area contributed by atoms with Crippen LogP contribution in [0.1, 0.15) is 20.3 Å². The minimum Gasteiger partial charge on any atom is -0.550 e. The first-order valence-corrected chi connectivity index (χ1v) is 3.93. The summed E-state index contributed by atoms with van der Waals surface area (Å²) in [6.07, 6.45) is -0.0824. The fraction of sp³-hybridized carbons (Fsp3) is 0.625. The molecule has 1 aliphatic heterocycles. The van der Waals surface area contributed by atoms with Crippen molar-refractivity contribution < 1.29 is 19.5 Å². The lowest BCUT2D eigenvalue weighted by Crippen LogP contribution is -2.43. The number of carboxylic acids is 1. The first kappa shape index (κ1) is 9.70. The molecule has 1 N–H and O–H groups in total. The molecule has 1 heterocycles. The maximum atomic E-state index is 11.2. The van der Waals surface area contributed by atoms with Gasteiger partial charge in [-0.3, -0.25) is 14.9 Å². The van der Waals surface area contributed by atoms with Crippen molar-refractivity contribution in [2.75, 3.05) is 0 Å². The standard InChI is InChI=1S/C8H11NO4/c1-4(6(11)12)8(2)3-5(10)9-7(8)13/h4H,3H2,1-2H3,(H,11,12)(H,9,10,13)/p-1. The fourth-order valence-electron chi connectivity index (χ4n) is 1.34. The molecule has 0 saturated carbocycles. The summed E-state index contributed by atoms with van der Waals surface area (Å²) in [4.78, 5) is 32.6. The zero-order valence-electron chi connectivity index (χ0n) is 7.42. The fourth-order valence-corrected chi connectivity index (χ4v) is 1.34. The van der Waals surface area contributed by atoms with Gasteiger partial charge in [-0.05, 0) is 6.92 Å². The Bertz CT molecular complexity index is 286. The number of carboxylic acid groups (broad SMARTS) is 1. The van der Waals surface area contributed by atoms with Crippen LogP contribution in [-0.4, -0.2) is 17.8 Å². The smallest absolute Gasteiger partial charge is 0.233 e. The lowest BCUT2D eigenvalue weighted by molar-refractivity contribution is -0.314. The Balaban J connectivity index is 2.94. The van der Waals surface area contributed by atoms with Crippen LogP contribution in [0, 0.1) is 11.3 Å². The van der Waals surface area contributed by atoms with Crippen molar-refractivity contribution >= 4 is 17.8 Å². The summed E-state index contributed by atoms with van der Waals surface area (Å²) < 4.78 is 0. The lowest BCUT2D eigenvalue weighted by Gasteiger charge is -2.27. The highest BCUT2D eigenvalue weighted by atomic mass is 16.4. The Morgan fingerprint density at radius 2 is 2.15 bits per heavy atom. The highest BCUT2D eigenvalue weighted by Gasteiger charge is 2.46. The molecule has 0 aliphatic carbocycles. The average molecular weight is 184 g/mol. The van der Waals surface area contributed by atoms with Gasteiger partial charge >= 0.3 is 0 Å². The molecule has 2 amide bonds. The molecule has 1 aliphatic rings. The molecule has 0 aromatic carbocycles. The first-order valence-electron chi connectivity index (χ1n) is 3.93. The molecule has 2 atom stereocenters. The van der Waals surface area contributed by atoms with Crippen LogP contribution >= 0.6 is 0 Å². The van der Waals surface area contributed by atoms with Crippen molar-refractivity contribution in [3.8, 4) is 0 Å². The number of hydrogen-bond acceptors (Lipinski definition) is 4. The second kappa shape index (κ2) is 2.83. The van der Waals surface area contributed by atoms with Crippen molar-refractivity contribution in [3.63, 3.8) is 0 Å². The van der Waals surface area contributed by atoms with Gasteiger partial charge in [-0.2, -0.15) is 0 Å². The number of nitrogens with one attached hydrogen (secondary N) is 1. The minimum absolute atomic E-state index is 0.0824. The molecule has 0 aromatic rings. The third-order valence-electron chi connectivity index (χ3n) is 2.61. The van der Waals surface area contributed by atoms with Gasteiger partial charge in [0.1, 0.15) is 0 Å². The Labute approximate surface area is 75.1 Å². The Hall–Kier alpha value is -1.39. The van der Waals surface area contributed by atoms with Crippen molar-refractivity contribution in [3.05, 3.63) is 0 Å². The van der Waals surface area contributed by atoms with Crippen molar-refractivity contribution in [2.24, 2.45) is 11.3 Å². The molecule has 1 fully saturated rings. The maximum Gasteiger partial charge on any atom is 0.233 e. The molecule has 0 aromatic heterocycles. The molecule has 0 radical (unpaired) electrons. The topological polar surface area (TPSA) is 86.3 Å². The molecule has 2 unspecified atom stereocenters. The van der Waals surface area contributed by atoms with Gasteiger partial charge in [-0.1, -0.05) is 6.92 Å². The van der Waals surface area contributed by atoms with Crippen LogP contribution in [0.15, 0.2) is 0 Å². The summed E-state index contributed by atoms with van der Waals surface area (Å²) in [5, 5.41) is 12.6. The normalized spacial score (nSPS) is 30.0. The van der Waals surface area contributed by atoms with Crippen LogP contribution in [0.25, 0.3) is 0 Å². The van der Waals surface area contributed by atoms with E-state index in [4.69, 9.17) is 0 Å². The zero-order chi connectivity index (χ0) is 10.2. The summed E-state index contributed by atoms with van der Waals surface area (Å²) in [6, 6.07) is 0. The van der Waals surface area contributed by atoms with Gasteiger partial charge in [0, 0.05) is 18.3 Å². The molecule has 1 saturated heterocycles. The quantitative estimate of drug-likeness (QED) is 0.525. The molecule has 13 heavy (non-hydrogen) atoms. The van der Waals surface area contributed by atoms with E-state index in [2.05, 4.69) is 5.32 Å². The van der Waals surface area contributed by atoms with E-state index < -0.39 is 29.1 Å². The van der Waals surface area contributed by atoms with Crippen LogP contribution in [-0.2, 0) is 14.4 Å². The number of carbonyl (C=O) groups is 3. The van der Waals surface area contributed by atoms with E-state index in [1.165, 1.54) is 13.8 Å². The predicted octanol–water partition coefficient (Wildman–Crippen LogP) is -1.57. The minimum atomic E-state index is -1.31. The van der Waals surface area contributed by atoms with E-state index in [9.17, 15) is 19.5 Å². The summed E-state index contributed by atoms with van der Waals surface area (Å²) in [6.45, 7) is 2.82. The summed E-state index contributed by atoms with van der Waals surface area (Å²) >= 11 is 0. The Morgan fingerprint density at radius 3 is 2.46 bits per heavy atom. The molecule has 5 heteroatoms. The maximum absolute atomic E-state index is 11.2. The van der Waals surface area contributed by atoms with E-state index in [0.29, 0.717) is 0 Å². The SMILES string of the molecule is CC(C(=O)[O-])C1(C)CC(=O)NC1=O. The second-order valence-electron chi connectivity index (χ2n) is 3.51. The number of imide groups is 1. The molecule has 0 spiro atoms. The Morgan fingerprint density at radius 1 is 1.62 bits per heavy atom. The van der Waals surface area contributed by atoms with Crippen LogP contribution in [0.5, 0.6) is 0 Å². The van der Waals surface area contributed by atoms with Gasteiger partial charge in [0.15, 0.2) is 0 Å². The van der Waals surface area contributed by atoms with E-state index >= 15 is 0 Å². The van der Waals surface area contributed by atoms with Gasteiger partial charge in [-0.25, -0.2) is 0 Å². The molecular formula is C8H10NO4-. The number of hydrogen-bond donors (Lipinski definition) is 1. The number of rotatable bonds is 2. The monoisotopic (exact) mass is 184 g/mol. The van der Waals surface area contributed by atoms with E-state index in [1.807, 2.05) is 0 Å². The van der Waals surface area contributed by atoms with Gasteiger partial charge in [-0.15, -0.1) is 0 Å². The molecular weight excluding hydrogens is 174 g/mol. The van der Waals surface area contributed by atoms with Gasteiger partial charge in [0.25, 0.3) is 0 Å². The third kappa shape index (κ3) is 1.41. The van der Waals surface area contributed by atoms with Crippen LogP contribution < -0.4 is 10.4 Å². The largest absolute Gasteiger partial charge is 0.550 e. The van der Waals surface area contributed by atoms with E-state index in [-0.39, 0.29) is 6.42 Å². The van der Waals surface area contributed by atoms with Crippen molar-refractivity contribution in [1.29, 1.82) is 0 Å². The third-order valence-corrected chi connectivity index (χ3v) is 2.61. The summed E-state index contributed by atoms with van der Waals surface area (Å²) in [5.41, 5.74) is -1.16. The van der Waals surface area contributed by atoms with E-state index in [0.717, 1.165) is 0 Å². The second-order valence-corrected chi connectivity index (χ2v) is 3.51. The average Bonchev–Trinajstić information content (AvgIpc) is 2.25. The van der Waals surface area contributed by atoms with Gasteiger partial charge < -0.3 is 9.90 Å². The predicted molar refractivity (Wildman–Crippen MR) is 40.0 cm³/mol. The van der Waals surface area contributed by atoms with Crippen molar-refractivity contribution in [1.82, 2.24) is 5.32 Å². The van der Waals surface area contributed by atoms with Crippen molar-refractivity contribution in [2.45, 2.75) is 20.3 Å². The van der Waals surface area contributed by atoms with Gasteiger partial charge in [0.05, 0.1) is 5.41 Å². The highest BCUT2D eigenvalue weighted by Crippen LogP contribution is 2.34. The van der Waals surface area contributed by atoms with E-state index in [1.54, 1.807) is 0 Å². The number of carbonyl (C=O) groups excluding carboxylic acids is 3. The molecule has 1 rings (SSSR count). The molecule has 0 bridgehead atoms. The lowest BCUT2D eigenvalue weighted by atomic mass is 9.77. The Kier molecular flexibility index (Phi) is 2.11. The van der Waals surface area contributed by atoms with Crippen LogP contribution in [0.4, 0.5) is 0 Å².